The molecule has 1 heterocycles. The van der Waals surface area contributed by atoms with Crippen molar-refractivity contribution >= 4 is 5.91 Å². The molecule has 2 aliphatic rings. The van der Waals surface area contributed by atoms with Gasteiger partial charge in [0.05, 0.1) is 12.2 Å². The summed E-state index contributed by atoms with van der Waals surface area (Å²) in [6.07, 6.45) is 4.76. The van der Waals surface area contributed by atoms with Gasteiger partial charge >= 0.3 is 0 Å². The molecule has 1 aliphatic heterocycles. The van der Waals surface area contributed by atoms with Crippen molar-refractivity contribution in [2.45, 2.75) is 71.6 Å². The van der Waals surface area contributed by atoms with Crippen molar-refractivity contribution < 1.29 is 4.79 Å². The minimum Gasteiger partial charge on any atom is -0.322 e. The molecule has 4 unspecified atom stereocenters. The van der Waals surface area contributed by atoms with Crippen LogP contribution in [0.4, 0.5) is 0 Å². The Morgan fingerprint density at radius 1 is 1.47 bits per heavy atom. The number of rotatable bonds is 5. The summed E-state index contributed by atoms with van der Waals surface area (Å²) >= 11 is 0. The number of carbonyl (C=O) groups excluding carboxylic acids is 1. The van der Waals surface area contributed by atoms with Gasteiger partial charge in [0.15, 0.2) is 0 Å². The summed E-state index contributed by atoms with van der Waals surface area (Å²) in [4.78, 5) is 14.6. The van der Waals surface area contributed by atoms with E-state index in [1.807, 2.05) is 0 Å². The Balaban J connectivity index is 2.04. The van der Waals surface area contributed by atoms with Gasteiger partial charge in [-0.15, -0.1) is 0 Å². The molecule has 98 valence electrons. The van der Waals surface area contributed by atoms with Crippen LogP contribution in [0.5, 0.6) is 0 Å². The Morgan fingerprint density at radius 3 is 2.59 bits per heavy atom. The molecule has 1 amide bonds. The van der Waals surface area contributed by atoms with Crippen molar-refractivity contribution in [1.29, 1.82) is 0 Å². The fraction of sp³-hybridized carbons (Fsp3) is 0.929. The van der Waals surface area contributed by atoms with Gasteiger partial charge in [-0.2, -0.15) is 0 Å². The van der Waals surface area contributed by atoms with E-state index in [4.69, 9.17) is 0 Å². The Labute approximate surface area is 105 Å². The van der Waals surface area contributed by atoms with Crippen LogP contribution in [0.2, 0.25) is 0 Å². The number of nitrogens with zero attached hydrogens (tertiary/aromatic N) is 1. The van der Waals surface area contributed by atoms with Gasteiger partial charge < -0.3 is 4.90 Å². The SMILES string of the molecule is CCCCC1NC(C(C)C)N(C2CC2C)C1=O. The van der Waals surface area contributed by atoms with Gasteiger partial charge in [-0.1, -0.05) is 40.5 Å². The predicted octanol–water partition coefficient (Wildman–Crippen LogP) is 2.37. The van der Waals surface area contributed by atoms with E-state index < -0.39 is 0 Å². The molecule has 17 heavy (non-hydrogen) atoms. The lowest BCUT2D eigenvalue weighted by Gasteiger charge is -2.27. The molecular weight excluding hydrogens is 212 g/mol. The predicted molar refractivity (Wildman–Crippen MR) is 69.5 cm³/mol. The van der Waals surface area contributed by atoms with Gasteiger partial charge in [0.25, 0.3) is 0 Å². The lowest BCUT2D eigenvalue weighted by Crippen LogP contribution is -2.43. The molecular formula is C14H26N2O. The van der Waals surface area contributed by atoms with Crippen LogP contribution in [-0.2, 0) is 4.79 Å². The third-order valence-corrected chi connectivity index (χ3v) is 4.13. The molecule has 1 N–H and O–H groups in total. The van der Waals surface area contributed by atoms with Crippen LogP contribution in [0.3, 0.4) is 0 Å². The van der Waals surface area contributed by atoms with E-state index in [1.54, 1.807) is 0 Å². The summed E-state index contributed by atoms with van der Waals surface area (Å²) in [5, 5.41) is 3.54. The summed E-state index contributed by atoms with van der Waals surface area (Å²) in [5.41, 5.74) is 0. The van der Waals surface area contributed by atoms with E-state index in [1.165, 1.54) is 6.42 Å². The number of amides is 1. The van der Waals surface area contributed by atoms with E-state index in [0.717, 1.165) is 19.3 Å². The fourth-order valence-electron chi connectivity index (χ4n) is 2.86. The molecule has 1 saturated heterocycles. The first-order valence-corrected chi connectivity index (χ1v) is 7.14. The van der Waals surface area contributed by atoms with Crippen LogP contribution in [0.15, 0.2) is 0 Å². The van der Waals surface area contributed by atoms with Gasteiger partial charge in [-0.25, -0.2) is 0 Å². The average molecular weight is 238 g/mol. The van der Waals surface area contributed by atoms with E-state index in [0.29, 0.717) is 23.8 Å². The zero-order valence-electron chi connectivity index (χ0n) is 11.6. The monoisotopic (exact) mass is 238 g/mol. The highest BCUT2D eigenvalue weighted by Crippen LogP contribution is 2.39. The Kier molecular flexibility index (Phi) is 3.76. The molecule has 3 heteroatoms. The zero-order valence-corrected chi connectivity index (χ0v) is 11.6. The Bertz CT molecular complexity index is 290. The minimum absolute atomic E-state index is 0.0788. The molecule has 2 rings (SSSR count). The molecule has 1 saturated carbocycles. The molecule has 2 fully saturated rings. The van der Waals surface area contributed by atoms with E-state index in [-0.39, 0.29) is 12.2 Å². The van der Waals surface area contributed by atoms with Crippen molar-refractivity contribution in [3.8, 4) is 0 Å². The third-order valence-electron chi connectivity index (χ3n) is 4.13. The van der Waals surface area contributed by atoms with Gasteiger partial charge in [-0.3, -0.25) is 10.1 Å². The lowest BCUT2D eigenvalue weighted by molar-refractivity contribution is -0.131. The van der Waals surface area contributed by atoms with Gasteiger partial charge in [0.1, 0.15) is 0 Å². The van der Waals surface area contributed by atoms with Crippen LogP contribution in [0.1, 0.15) is 53.4 Å². The number of nitrogens with one attached hydrogen (secondary N) is 1. The second-order valence-corrected chi connectivity index (χ2v) is 6.08. The highest BCUT2D eigenvalue weighted by Gasteiger charge is 2.50. The van der Waals surface area contributed by atoms with Gasteiger partial charge in [0, 0.05) is 6.04 Å². The first kappa shape index (κ1) is 12.9. The quantitative estimate of drug-likeness (QED) is 0.797. The average Bonchev–Trinajstić information content (AvgIpc) is 2.88. The minimum atomic E-state index is 0.0788. The topological polar surface area (TPSA) is 32.3 Å². The molecule has 0 spiro atoms. The largest absolute Gasteiger partial charge is 0.322 e. The molecule has 0 aromatic carbocycles. The molecule has 4 atom stereocenters. The van der Waals surface area contributed by atoms with Crippen molar-refractivity contribution in [3.05, 3.63) is 0 Å². The van der Waals surface area contributed by atoms with Crippen molar-refractivity contribution in [2.24, 2.45) is 11.8 Å². The standard InChI is InChI=1S/C14H26N2O/c1-5-6-7-11-14(17)16(12-8-10(12)4)13(15-11)9(2)3/h9-13,15H,5-8H2,1-4H3. The van der Waals surface area contributed by atoms with E-state index >= 15 is 0 Å². The number of hydrogen-bond acceptors (Lipinski definition) is 2. The highest BCUT2D eigenvalue weighted by atomic mass is 16.2. The van der Waals surface area contributed by atoms with Crippen LogP contribution in [-0.4, -0.2) is 29.1 Å². The maximum atomic E-state index is 12.4. The van der Waals surface area contributed by atoms with Crippen molar-refractivity contribution in [3.63, 3.8) is 0 Å². The summed E-state index contributed by atoms with van der Waals surface area (Å²) in [7, 11) is 0. The summed E-state index contributed by atoms with van der Waals surface area (Å²) in [6.45, 7) is 8.83. The van der Waals surface area contributed by atoms with Crippen molar-refractivity contribution in [2.75, 3.05) is 0 Å². The third kappa shape index (κ3) is 2.49. The Hall–Kier alpha value is -0.570. The van der Waals surface area contributed by atoms with E-state index in [2.05, 4.69) is 37.9 Å². The lowest BCUT2D eigenvalue weighted by atomic mass is 10.1. The number of hydrogen-bond donors (Lipinski definition) is 1. The summed E-state index contributed by atoms with van der Waals surface area (Å²) in [6, 6.07) is 0.587. The van der Waals surface area contributed by atoms with Gasteiger partial charge in [0.2, 0.25) is 5.91 Å². The summed E-state index contributed by atoms with van der Waals surface area (Å²) < 4.78 is 0. The van der Waals surface area contributed by atoms with Crippen LogP contribution in [0.25, 0.3) is 0 Å². The molecule has 0 aromatic heterocycles. The molecule has 3 nitrogen and oxygen atoms in total. The first-order valence-electron chi connectivity index (χ1n) is 7.14. The van der Waals surface area contributed by atoms with E-state index in [9.17, 15) is 4.79 Å². The van der Waals surface area contributed by atoms with Crippen molar-refractivity contribution in [1.82, 2.24) is 10.2 Å². The zero-order chi connectivity index (χ0) is 12.6. The second kappa shape index (κ2) is 4.97. The first-order chi connectivity index (χ1) is 8.06. The number of unbranched alkanes of at least 4 members (excludes halogenated alkanes) is 1. The van der Waals surface area contributed by atoms with Gasteiger partial charge in [-0.05, 0) is 24.7 Å². The van der Waals surface area contributed by atoms with Crippen LogP contribution >= 0.6 is 0 Å². The molecule has 0 radical (unpaired) electrons. The Morgan fingerprint density at radius 2 is 2.12 bits per heavy atom. The van der Waals surface area contributed by atoms with Crippen LogP contribution < -0.4 is 5.32 Å². The maximum absolute atomic E-state index is 12.4. The molecule has 0 aromatic rings. The summed E-state index contributed by atoms with van der Waals surface area (Å²) in [5.74, 6) is 1.55. The van der Waals surface area contributed by atoms with Crippen LogP contribution in [0, 0.1) is 11.8 Å². The second-order valence-electron chi connectivity index (χ2n) is 6.08. The maximum Gasteiger partial charge on any atom is 0.241 e. The molecule has 1 aliphatic carbocycles. The molecule has 0 bridgehead atoms. The number of carbonyl (C=O) groups is 1. The fourth-order valence-corrected chi connectivity index (χ4v) is 2.86. The highest BCUT2D eigenvalue weighted by molar-refractivity contribution is 5.85. The smallest absolute Gasteiger partial charge is 0.241 e. The normalized spacial score (nSPS) is 37.0.